The molecule has 0 heterocycles. The van der Waals surface area contributed by atoms with E-state index in [9.17, 15) is 4.79 Å². The number of rotatable bonds is 2. The minimum absolute atomic E-state index is 0.0678. The number of aryl methyl sites for hydroxylation is 1. The van der Waals surface area contributed by atoms with Crippen LogP contribution in [0, 0.1) is 18.3 Å². The van der Waals surface area contributed by atoms with Gasteiger partial charge in [-0.05, 0) is 24.6 Å². The van der Waals surface area contributed by atoms with Gasteiger partial charge in [0.25, 0.3) is 0 Å². The van der Waals surface area contributed by atoms with Gasteiger partial charge in [0.15, 0.2) is 5.78 Å². The third kappa shape index (κ3) is 2.40. The number of carbonyl (C=O) groups is 1. The average molecular weight is 238 g/mol. The molecule has 1 aromatic carbocycles. The number of hydrogen-bond donors (Lipinski definition) is 0. The predicted octanol–water partition coefficient (Wildman–Crippen LogP) is 2.85. The molecule has 0 N–H and O–H groups in total. The molecule has 0 fully saturated rings. The standard InChI is InChI=1S/C10H8BrNO/c1-7-2-3-8(9(11)6-7)10(13)4-5-12/h2-3,6H,4H2,1H3. The lowest BCUT2D eigenvalue weighted by Gasteiger charge is -2.01. The van der Waals surface area contributed by atoms with Crippen LogP contribution in [-0.2, 0) is 0 Å². The van der Waals surface area contributed by atoms with Gasteiger partial charge < -0.3 is 0 Å². The lowest BCUT2D eigenvalue weighted by atomic mass is 10.1. The summed E-state index contributed by atoms with van der Waals surface area (Å²) in [6.45, 7) is 1.95. The highest BCUT2D eigenvalue weighted by molar-refractivity contribution is 9.10. The summed E-state index contributed by atoms with van der Waals surface area (Å²) in [5, 5.41) is 8.36. The Bertz CT molecular complexity index is 379. The summed E-state index contributed by atoms with van der Waals surface area (Å²) in [6.07, 6.45) is -0.0678. The molecule has 66 valence electrons. The highest BCUT2D eigenvalue weighted by Gasteiger charge is 2.08. The first-order valence-electron chi connectivity index (χ1n) is 3.81. The van der Waals surface area contributed by atoms with Crippen molar-refractivity contribution in [2.24, 2.45) is 0 Å². The fourth-order valence-corrected chi connectivity index (χ4v) is 1.73. The van der Waals surface area contributed by atoms with Crippen molar-refractivity contribution in [3.05, 3.63) is 33.8 Å². The van der Waals surface area contributed by atoms with Crippen LogP contribution in [0.1, 0.15) is 22.3 Å². The van der Waals surface area contributed by atoms with E-state index in [0.717, 1.165) is 10.0 Å². The van der Waals surface area contributed by atoms with E-state index >= 15 is 0 Å². The Labute approximate surface area is 85.3 Å². The fraction of sp³-hybridized carbons (Fsp3) is 0.200. The lowest BCUT2D eigenvalue weighted by molar-refractivity contribution is 0.0997. The molecule has 1 rings (SSSR count). The van der Waals surface area contributed by atoms with E-state index in [1.807, 2.05) is 25.1 Å². The topological polar surface area (TPSA) is 40.9 Å². The number of halogens is 1. The molecule has 0 bridgehead atoms. The lowest BCUT2D eigenvalue weighted by Crippen LogP contribution is -1.98. The number of nitrogens with zero attached hydrogens (tertiary/aromatic N) is 1. The molecule has 13 heavy (non-hydrogen) atoms. The molecule has 0 unspecified atom stereocenters. The van der Waals surface area contributed by atoms with Crippen LogP contribution in [0.5, 0.6) is 0 Å². The molecule has 0 aliphatic heterocycles. The fourth-order valence-electron chi connectivity index (χ4n) is 1.01. The number of benzene rings is 1. The van der Waals surface area contributed by atoms with Gasteiger partial charge in [-0.3, -0.25) is 4.79 Å². The van der Waals surface area contributed by atoms with Crippen molar-refractivity contribution in [1.82, 2.24) is 0 Å². The van der Waals surface area contributed by atoms with E-state index in [1.54, 1.807) is 6.07 Å². The first-order chi connectivity index (χ1) is 6.15. The zero-order valence-corrected chi connectivity index (χ0v) is 8.76. The number of hydrogen-bond acceptors (Lipinski definition) is 2. The molecular formula is C10H8BrNO. The molecule has 0 amide bonds. The molecule has 0 spiro atoms. The van der Waals surface area contributed by atoms with Crippen molar-refractivity contribution in [3.63, 3.8) is 0 Å². The van der Waals surface area contributed by atoms with Crippen molar-refractivity contribution in [2.45, 2.75) is 13.3 Å². The maximum atomic E-state index is 11.3. The summed E-state index contributed by atoms with van der Waals surface area (Å²) in [5.74, 6) is -0.144. The van der Waals surface area contributed by atoms with Crippen molar-refractivity contribution in [3.8, 4) is 6.07 Å². The molecular weight excluding hydrogens is 230 g/mol. The molecule has 0 radical (unpaired) electrons. The van der Waals surface area contributed by atoms with Crippen molar-refractivity contribution >= 4 is 21.7 Å². The zero-order chi connectivity index (χ0) is 9.84. The van der Waals surface area contributed by atoms with Crippen molar-refractivity contribution in [1.29, 1.82) is 5.26 Å². The highest BCUT2D eigenvalue weighted by Crippen LogP contribution is 2.19. The second-order valence-corrected chi connectivity index (χ2v) is 3.60. The van der Waals surface area contributed by atoms with E-state index in [4.69, 9.17) is 5.26 Å². The molecule has 0 aliphatic rings. The molecule has 0 saturated carbocycles. The molecule has 0 atom stereocenters. The molecule has 1 aromatic rings. The smallest absolute Gasteiger partial charge is 0.178 e. The average Bonchev–Trinajstić information content (AvgIpc) is 2.04. The first kappa shape index (κ1) is 9.94. The van der Waals surface area contributed by atoms with Gasteiger partial charge in [-0.25, -0.2) is 0 Å². The summed E-state index contributed by atoms with van der Waals surface area (Å²) in [6, 6.07) is 7.29. The van der Waals surface area contributed by atoms with E-state index in [1.165, 1.54) is 0 Å². The zero-order valence-electron chi connectivity index (χ0n) is 7.17. The van der Waals surface area contributed by atoms with Crippen LogP contribution in [0.3, 0.4) is 0 Å². The Morgan fingerprint density at radius 3 is 2.85 bits per heavy atom. The maximum Gasteiger partial charge on any atom is 0.178 e. The Hall–Kier alpha value is -1.14. The maximum absolute atomic E-state index is 11.3. The van der Waals surface area contributed by atoms with Crippen LogP contribution in [0.25, 0.3) is 0 Å². The highest BCUT2D eigenvalue weighted by atomic mass is 79.9. The number of Topliss-reactive ketones (excluding diaryl/α,β-unsaturated/α-hetero) is 1. The third-order valence-electron chi connectivity index (χ3n) is 1.66. The van der Waals surface area contributed by atoms with Crippen LogP contribution < -0.4 is 0 Å². The summed E-state index contributed by atoms with van der Waals surface area (Å²) in [7, 11) is 0. The summed E-state index contributed by atoms with van der Waals surface area (Å²) < 4.78 is 0.757. The molecule has 0 saturated heterocycles. The molecule has 2 nitrogen and oxygen atoms in total. The number of nitriles is 1. The SMILES string of the molecule is Cc1ccc(C(=O)CC#N)c(Br)c1. The van der Waals surface area contributed by atoms with Gasteiger partial charge in [0, 0.05) is 10.0 Å². The summed E-state index contributed by atoms with van der Waals surface area (Å²) in [4.78, 5) is 11.3. The van der Waals surface area contributed by atoms with Gasteiger partial charge in [-0.2, -0.15) is 5.26 Å². The predicted molar refractivity (Wildman–Crippen MR) is 53.4 cm³/mol. The first-order valence-corrected chi connectivity index (χ1v) is 4.60. The van der Waals surface area contributed by atoms with E-state index < -0.39 is 0 Å². The van der Waals surface area contributed by atoms with Crippen molar-refractivity contribution in [2.75, 3.05) is 0 Å². The van der Waals surface area contributed by atoms with Crippen LogP contribution in [0.15, 0.2) is 22.7 Å². The second kappa shape index (κ2) is 4.20. The normalized spacial score (nSPS) is 9.31. The van der Waals surface area contributed by atoms with Gasteiger partial charge in [0.1, 0.15) is 0 Å². The van der Waals surface area contributed by atoms with Gasteiger partial charge in [-0.15, -0.1) is 0 Å². The van der Waals surface area contributed by atoms with Crippen LogP contribution in [-0.4, -0.2) is 5.78 Å². The summed E-state index contributed by atoms with van der Waals surface area (Å²) >= 11 is 3.29. The number of ketones is 1. The molecule has 0 aliphatic carbocycles. The Kier molecular flexibility index (Phi) is 3.21. The monoisotopic (exact) mass is 237 g/mol. The Morgan fingerprint density at radius 1 is 1.62 bits per heavy atom. The van der Waals surface area contributed by atoms with Gasteiger partial charge >= 0.3 is 0 Å². The van der Waals surface area contributed by atoms with E-state index in [-0.39, 0.29) is 12.2 Å². The minimum atomic E-state index is -0.144. The van der Waals surface area contributed by atoms with Crippen LogP contribution >= 0.6 is 15.9 Å². The van der Waals surface area contributed by atoms with Gasteiger partial charge in [0.05, 0.1) is 12.5 Å². The van der Waals surface area contributed by atoms with Crippen molar-refractivity contribution < 1.29 is 4.79 Å². The summed E-state index contributed by atoms with van der Waals surface area (Å²) in [5.41, 5.74) is 1.66. The number of carbonyl (C=O) groups excluding carboxylic acids is 1. The van der Waals surface area contributed by atoms with E-state index in [2.05, 4.69) is 15.9 Å². The molecule has 3 heteroatoms. The third-order valence-corrected chi connectivity index (χ3v) is 2.32. The minimum Gasteiger partial charge on any atom is -0.293 e. The van der Waals surface area contributed by atoms with Crippen LogP contribution in [0.2, 0.25) is 0 Å². The largest absolute Gasteiger partial charge is 0.293 e. The molecule has 0 aromatic heterocycles. The Morgan fingerprint density at radius 2 is 2.31 bits per heavy atom. The van der Waals surface area contributed by atoms with Crippen LogP contribution in [0.4, 0.5) is 0 Å². The van der Waals surface area contributed by atoms with E-state index in [0.29, 0.717) is 5.56 Å². The second-order valence-electron chi connectivity index (χ2n) is 2.74. The van der Waals surface area contributed by atoms with Gasteiger partial charge in [0.2, 0.25) is 0 Å². The quantitative estimate of drug-likeness (QED) is 0.743. The Balaban J connectivity index is 3.03. The van der Waals surface area contributed by atoms with Gasteiger partial charge in [-0.1, -0.05) is 22.0 Å².